The van der Waals surface area contributed by atoms with Crippen molar-refractivity contribution in [1.82, 2.24) is 0 Å². The second-order valence-corrected chi connectivity index (χ2v) is 3.50. The molecular formula is C5H6ClS. The molecule has 0 nitrogen and oxygen atoms in total. The lowest BCUT2D eigenvalue weighted by Crippen LogP contribution is -1.64. The minimum Gasteiger partial charge on any atom is -0.105 e. The molecule has 1 aliphatic heterocycles. The molecule has 0 atom stereocenters. The van der Waals surface area contributed by atoms with E-state index in [0.717, 1.165) is 11.1 Å². The Morgan fingerprint density at radius 3 is 2.71 bits per heavy atom. The lowest BCUT2D eigenvalue weighted by atomic mass is 10.4. The van der Waals surface area contributed by atoms with Gasteiger partial charge in [0.25, 0.3) is 0 Å². The third-order valence-corrected chi connectivity index (χ3v) is 2.08. The normalized spacial score (nSPS) is 22.9. The Labute approximate surface area is 52.9 Å². The Morgan fingerprint density at radius 1 is 1.86 bits per heavy atom. The molecule has 7 heavy (non-hydrogen) atoms. The second kappa shape index (κ2) is 2.10. The molecule has 0 unspecified atom stereocenters. The predicted octanol–water partition coefficient (Wildman–Crippen LogP) is 2.76. The Kier molecular flexibility index (Phi) is 1.65. The largest absolute Gasteiger partial charge is 0.126 e. The molecule has 1 heterocycles. The lowest BCUT2D eigenvalue weighted by molar-refractivity contribution is 1.34. The highest BCUT2D eigenvalue weighted by molar-refractivity contribution is 8.07. The van der Waals surface area contributed by atoms with Crippen LogP contribution < -0.4 is 0 Å². The van der Waals surface area contributed by atoms with Crippen molar-refractivity contribution in [3.63, 3.8) is 0 Å². The number of halogens is 1. The lowest BCUT2D eigenvalue weighted by Gasteiger charge is -1.90. The summed E-state index contributed by atoms with van der Waals surface area (Å²) in [5, 5.41) is 0. The van der Waals surface area contributed by atoms with Gasteiger partial charge in [-0.1, -0.05) is 6.08 Å². The first kappa shape index (κ1) is 5.52. The van der Waals surface area contributed by atoms with Crippen LogP contribution in [0, 0.1) is 4.71 Å². The summed E-state index contributed by atoms with van der Waals surface area (Å²) in [6.45, 7) is 2.07. The Hall–Kier alpha value is 0.380. The van der Waals surface area contributed by atoms with Gasteiger partial charge in [-0.25, -0.2) is 0 Å². The van der Waals surface area contributed by atoms with E-state index in [2.05, 4.69) is 13.0 Å². The molecule has 1 radical (unpaired) electrons. The van der Waals surface area contributed by atoms with E-state index in [1.165, 1.54) is 4.91 Å². The van der Waals surface area contributed by atoms with Crippen molar-refractivity contribution in [3.8, 4) is 0 Å². The fourth-order valence-electron chi connectivity index (χ4n) is 0.482. The molecular weight excluding hydrogens is 128 g/mol. The van der Waals surface area contributed by atoms with Crippen LogP contribution in [0.3, 0.4) is 0 Å². The van der Waals surface area contributed by atoms with Crippen molar-refractivity contribution in [2.45, 2.75) is 13.3 Å². The number of hydrogen-bond acceptors (Lipinski definition) is 1. The molecule has 0 aromatic carbocycles. The maximum atomic E-state index is 5.63. The molecule has 0 saturated heterocycles. The zero-order valence-electron chi connectivity index (χ0n) is 4.07. The van der Waals surface area contributed by atoms with E-state index < -0.39 is 0 Å². The summed E-state index contributed by atoms with van der Waals surface area (Å²) >= 11 is 7.30. The Bertz CT molecular complexity index is 98.3. The van der Waals surface area contributed by atoms with Crippen molar-refractivity contribution in [2.24, 2.45) is 0 Å². The van der Waals surface area contributed by atoms with Gasteiger partial charge in [0, 0.05) is 0 Å². The van der Waals surface area contributed by atoms with Gasteiger partial charge in [0.15, 0.2) is 0 Å². The summed E-state index contributed by atoms with van der Waals surface area (Å²) in [5.41, 5.74) is 0. The molecule has 0 spiro atoms. The molecule has 2 heteroatoms. The summed E-state index contributed by atoms with van der Waals surface area (Å²) in [4.78, 5) is 1.32. The zero-order chi connectivity index (χ0) is 5.28. The van der Waals surface area contributed by atoms with Crippen LogP contribution in [0.1, 0.15) is 13.3 Å². The average Bonchev–Trinajstić information content (AvgIpc) is 1.87. The van der Waals surface area contributed by atoms with E-state index in [9.17, 15) is 0 Å². The Morgan fingerprint density at radius 2 is 2.57 bits per heavy atom. The van der Waals surface area contributed by atoms with E-state index in [1.807, 2.05) is 0 Å². The highest BCUT2D eigenvalue weighted by atomic mass is 35.5. The molecule has 0 aromatic heterocycles. The van der Waals surface area contributed by atoms with E-state index in [-0.39, 0.29) is 0 Å². The summed E-state index contributed by atoms with van der Waals surface area (Å²) in [6.07, 6.45) is 3.09. The van der Waals surface area contributed by atoms with Crippen molar-refractivity contribution in [1.29, 1.82) is 0 Å². The maximum absolute atomic E-state index is 5.63. The monoisotopic (exact) mass is 133 g/mol. The van der Waals surface area contributed by atoms with Crippen LogP contribution in [-0.4, -0.2) is 0 Å². The highest BCUT2D eigenvalue weighted by Gasteiger charge is 2.11. The number of rotatable bonds is 0. The van der Waals surface area contributed by atoms with Gasteiger partial charge in [0.1, 0.15) is 4.71 Å². The summed E-state index contributed by atoms with van der Waals surface area (Å²) < 4.78 is 0.998. The molecule has 1 aliphatic rings. The van der Waals surface area contributed by atoms with Crippen molar-refractivity contribution < 1.29 is 0 Å². The molecule has 39 valence electrons. The van der Waals surface area contributed by atoms with Gasteiger partial charge in [-0.3, -0.25) is 0 Å². The van der Waals surface area contributed by atoms with Crippen LogP contribution in [0.25, 0.3) is 0 Å². The van der Waals surface area contributed by atoms with E-state index in [4.69, 9.17) is 11.6 Å². The van der Waals surface area contributed by atoms with E-state index >= 15 is 0 Å². The number of allylic oxidation sites excluding steroid dienone is 2. The standard InChI is InChI=1S/C5H6ClS/c1-4-2-3-5(6)7-4/h2H,3H2,1H3. The van der Waals surface area contributed by atoms with E-state index in [0.29, 0.717) is 0 Å². The van der Waals surface area contributed by atoms with Crippen LogP contribution in [-0.2, 0) is 0 Å². The minimum absolute atomic E-state index is 0.956. The first-order chi connectivity index (χ1) is 3.29. The van der Waals surface area contributed by atoms with Crippen molar-refractivity contribution in [2.75, 3.05) is 0 Å². The molecule has 0 aromatic rings. The fourth-order valence-corrected chi connectivity index (χ4v) is 1.61. The fraction of sp³-hybridized carbons (Fsp3) is 0.400. The SMILES string of the molecule is CC1=CC[C](Cl)S1. The van der Waals surface area contributed by atoms with Crippen LogP contribution in [0.4, 0.5) is 0 Å². The average molecular weight is 134 g/mol. The highest BCUT2D eigenvalue weighted by Crippen LogP contribution is 2.40. The molecule has 0 amide bonds. The smallest absolute Gasteiger partial charge is 0.105 e. The summed E-state index contributed by atoms with van der Waals surface area (Å²) in [6, 6.07) is 0. The zero-order valence-corrected chi connectivity index (χ0v) is 5.64. The van der Waals surface area contributed by atoms with Gasteiger partial charge in [-0.05, 0) is 18.2 Å². The van der Waals surface area contributed by atoms with Crippen molar-refractivity contribution >= 4 is 23.4 Å². The van der Waals surface area contributed by atoms with Gasteiger partial charge in [0.2, 0.25) is 0 Å². The molecule has 0 aliphatic carbocycles. The predicted molar refractivity (Wildman–Crippen MR) is 35.1 cm³/mol. The van der Waals surface area contributed by atoms with Gasteiger partial charge in [-0.15, -0.1) is 23.4 Å². The van der Waals surface area contributed by atoms with Crippen LogP contribution in [0.5, 0.6) is 0 Å². The van der Waals surface area contributed by atoms with Gasteiger partial charge in [0.05, 0.1) is 0 Å². The van der Waals surface area contributed by atoms with Gasteiger partial charge in [-0.2, -0.15) is 0 Å². The summed E-state index contributed by atoms with van der Waals surface area (Å²) in [7, 11) is 0. The molecule has 1 rings (SSSR count). The molecule has 0 N–H and O–H groups in total. The number of thioether (sulfide) groups is 1. The third kappa shape index (κ3) is 1.39. The first-order valence-corrected chi connectivity index (χ1v) is 3.34. The molecule has 0 bridgehead atoms. The quantitative estimate of drug-likeness (QED) is 0.490. The van der Waals surface area contributed by atoms with Gasteiger partial charge < -0.3 is 0 Å². The third-order valence-electron chi connectivity index (χ3n) is 0.822. The second-order valence-electron chi connectivity index (χ2n) is 1.48. The Balaban J connectivity index is 2.42. The first-order valence-electron chi connectivity index (χ1n) is 2.15. The van der Waals surface area contributed by atoms with Crippen LogP contribution >= 0.6 is 23.4 Å². The van der Waals surface area contributed by atoms with Gasteiger partial charge >= 0.3 is 0 Å². The minimum atomic E-state index is 0.956. The maximum Gasteiger partial charge on any atom is 0.126 e. The van der Waals surface area contributed by atoms with Crippen LogP contribution in [0.2, 0.25) is 0 Å². The van der Waals surface area contributed by atoms with Crippen LogP contribution in [0.15, 0.2) is 11.0 Å². The topological polar surface area (TPSA) is 0 Å². The number of hydrogen-bond donors (Lipinski definition) is 0. The summed E-state index contributed by atoms with van der Waals surface area (Å²) in [5.74, 6) is 0. The van der Waals surface area contributed by atoms with E-state index in [1.54, 1.807) is 11.8 Å². The van der Waals surface area contributed by atoms with Crippen molar-refractivity contribution in [3.05, 3.63) is 15.7 Å². The molecule has 0 saturated carbocycles. The molecule has 0 fully saturated rings.